The highest BCUT2D eigenvalue weighted by atomic mass is 35.5. The van der Waals surface area contributed by atoms with Crippen LogP contribution >= 0.6 is 23.2 Å². The number of hydrogen-bond acceptors (Lipinski definition) is 1. The molecule has 15 heavy (non-hydrogen) atoms. The maximum absolute atomic E-state index is 6.17. The van der Waals surface area contributed by atoms with Gasteiger partial charge in [0.05, 0.1) is 6.61 Å². The van der Waals surface area contributed by atoms with Gasteiger partial charge in [0.15, 0.2) is 0 Å². The Morgan fingerprint density at radius 2 is 2.13 bits per heavy atom. The molecule has 1 heterocycles. The standard InChI is InChI=1S/C12H14Cl2O/c1-2-3-6-12(8-15-12)10-5-4-9(13)7-11(10)14/h4-5,7H,2-3,6,8H2,1H3/t12-/m1/s1. The van der Waals surface area contributed by atoms with E-state index < -0.39 is 0 Å². The van der Waals surface area contributed by atoms with Crippen molar-refractivity contribution in [3.05, 3.63) is 33.8 Å². The van der Waals surface area contributed by atoms with Crippen LogP contribution in [0.25, 0.3) is 0 Å². The molecule has 2 rings (SSSR count). The SMILES string of the molecule is CCCC[C@]1(c2ccc(Cl)cc2Cl)CO1. The lowest BCUT2D eigenvalue weighted by molar-refractivity contribution is 0.287. The lowest BCUT2D eigenvalue weighted by atomic mass is 9.94. The van der Waals surface area contributed by atoms with Crippen LogP contribution in [0.3, 0.4) is 0 Å². The Hall–Kier alpha value is -0.240. The molecule has 0 radical (unpaired) electrons. The van der Waals surface area contributed by atoms with Crippen LogP contribution < -0.4 is 0 Å². The van der Waals surface area contributed by atoms with Crippen molar-refractivity contribution in [3.63, 3.8) is 0 Å². The molecule has 1 aromatic carbocycles. The van der Waals surface area contributed by atoms with Gasteiger partial charge < -0.3 is 4.74 Å². The molecule has 0 aromatic heterocycles. The monoisotopic (exact) mass is 244 g/mol. The first-order valence-corrected chi connectivity index (χ1v) is 6.03. The fourth-order valence-corrected chi connectivity index (χ4v) is 2.42. The van der Waals surface area contributed by atoms with E-state index in [0.29, 0.717) is 5.02 Å². The second-order valence-corrected chi connectivity index (χ2v) is 4.85. The molecule has 0 bridgehead atoms. The normalized spacial score (nSPS) is 24.2. The molecule has 1 saturated heterocycles. The van der Waals surface area contributed by atoms with Crippen molar-refractivity contribution < 1.29 is 4.74 Å². The molecule has 1 fully saturated rings. The summed E-state index contributed by atoms with van der Waals surface area (Å²) in [6.45, 7) is 2.97. The maximum atomic E-state index is 6.17. The Bertz CT molecular complexity index is 359. The first-order valence-electron chi connectivity index (χ1n) is 5.27. The summed E-state index contributed by atoms with van der Waals surface area (Å²) in [7, 11) is 0. The predicted octanol–water partition coefficient (Wildman–Crippen LogP) is 4.41. The minimum Gasteiger partial charge on any atom is -0.364 e. The fraction of sp³-hybridized carbons (Fsp3) is 0.500. The molecule has 0 amide bonds. The summed E-state index contributed by atoms with van der Waals surface area (Å²) in [5.41, 5.74) is 0.972. The van der Waals surface area contributed by atoms with Gasteiger partial charge in [-0.05, 0) is 18.6 Å². The van der Waals surface area contributed by atoms with Crippen molar-refractivity contribution in [3.8, 4) is 0 Å². The lowest BCUT2D eigenvalue weighted by Crippen LogP contribution is -2.09. The second kappa shape index (κ2) is 4.32. The molecule has 0 saturated carbocycles. The molecule has 3 heteroatoms. The summed E-state index contributed by atoms with van der Waals surface area (Å²) in [5, 5.41) is 1.39. The third-order valence-electron chi connectivity index (χ3n) is 2.85. The second-order valence-electron chi connectivity index (χ2n) is 4.01. The van der Waals surface area contributed by atoms with E-state index in [0.717, 1.165) is 23.6 Å². The minimum absolute atomic E-state index is 0.113. The van der Waals surface area contributed by atoms with E-state index in [-0.39, 0.29) is 5.60 Å². The van der Waals surface area contributed by atoms with Crippen LogP contribution in [0, 0.1) is 0 Å². The summed E-state index contributed by atoms with van der Waals surface area (Å²) in [6.07, 6.45) is 3.39. The quantitative estimate of drug-likeness (QED) is 0.716. The van der Waals surface area contributed by atoms with Gasteiger partial charge >= 0.3 is 0 Å². The van der Waals surface area contributed by atoms with Crippen molar-refractivity contribution in [1.82, 2.24) is 0 Å². The number of unbranched alkanes of at least 4 members (excludes halogenated alkanes) is 1. The largest absolute Gasteiger partial charge is 0.364 e. The van der Waals surface area contributed by atoms with Crippen LogP contribution in [0.4, 0.5) is 0 Å². The molecule has 82 valence electrons. The van der Waals surface area contributed by atoms with Gasteiger partial charge in [-0.15, -0.1) is 0 Å². The van der Waals surface area contributed by atoms with Crippen molar-refractivity contribution in [1.29, 1.82) is 0 Å². The van der Waals surface area contributed by atoms with Crippen LogP contribution in [0.1, 0.15) is 31.7 Å². The van der Waals surface area contributed by atoms with Crippen LogP contribution in [-0.4, -0.2) is 6.61 Å². The van der Waals surface area contributed by atoms with Crippen molar-refractivity contribution in [2.45, 2.75) is 31.8 Å². The van der Waals surface area contributed by atoms with E-state index in [9.17, 15) is 0 Å². The zero-order valence-corrected chi connectivity index (χ0v) is 10.2. The average molecular weight is 245 g/mol. The number of halogens is 2. The van der Waals surface area contributed by atoms with E-state index in [2.05, 4.69) is 6.92 Å². The first kappa shape index (κ1) is 11.3. The summed E-state index contributed by atoms with van der Waals surface area (Å²) in [4.78, 5) is 0. The molecule has 0 aliphatic carbocycles. The Balaban J connectivity index is 2.21. The summed E-state index contributed by atoms with van der Waals surface area (Å²) in [5.74, 6) is 0. The Labute approximate surface area is 100 Å². The zero-order chi connectivity index (χ0) is 10.9. The number of rotatable bonds is 4. The van der Waals surface area contributed by atoms with Gasteiger partial charge in [0.25, 0.3) is 0 Å². The third kappa shape index (κ3) is 2.30. The van der Waals surface area contributed by atoms with E-state index >= 15 is 0 Å². The maximum Gasteiger partial charge on any atom is 0.118 e. The van der Waals surface area contributed by atoms with Crippen LogP contribution in [-0.2, 0) is 10.3 Å². The van der Waals surface area contributed by atoms with Crippen LogP contribution in [0.15, 0.2) is 18.2 Å². The molecule has 1 atom stereocenters. The average Bonchev–Trinajstić information content (AvgIpc) is 2.96. The van der Waals surface area contributed by atoms with Gasteiger partial charge in [-0.2, -0.15) is 0 Å². The van der Waals surface area contributed by atoms with Crippen molar-refractivity contribution >= 4 is 23.2 Å². The molecular formula is C12H14Cl2O. The fourth-order valence-electron chi connectivity index (χ4n) is 1.84. The smallest absolute Gasteiger partial charge is 0.118 e. The van der Waals surface area contributed by atoms with Gasteiger partial charge in [0.1, 0.15) is 5.60 Å². The number of hydrogen-bond donors (Lipinski definition) is 0. The van der Waals surface area contributed by atoms with Crippen molar-refractivity contribution in [2.75, 3.05) is 6.61 Å². The van der Waals surface area contributed by atoms with Crippen LogP contribution in [0.5, 0.6) is 0 Å². The Morgan fingerprint density at radius 1 is 1.40 bits per heavy atom. The molecule has 1 aromatic rings. The van der Waals surface area contributed by atoms with E-state index in [1.807, 2.05) is 12.1 Å². The number of ether oxygens (including phenoxy) is 1. The Morgan fingerprint density at radius 3 is 2.67 bits per heavy atom. The van der Waals surface area contributed by atoms with E-state index in [4.69, 9.17) is 27.9 Å². The summed E-state index contributed by atoms with van der Waals surface area (Å²) < 4.78 is 5.58. The van der Waals surface area contributed by atoms with E-state index in [1.165, 1.54) is 12.8 Å². The molecular weight excluding hydrogens is 231 g/mol. The topological polar surface area (TPSA) is 12.5 Å². The van der Waals surface area contributed by atoms with Crippen molar-refractivity contribution in [2.24, 2.45) is 0 Å². The number of epoxide rings is 1. The molecule has 1 aliphatic rings. The van der Waals surface area contributed by atoms with E-state index in [1.54, 1.807) is 6.07 Å². The highest BCUT2D eigenvalue weighted by molar-refractivity contribution is 6.35. The molecule has 0 unspecified atom stereocenters. The number of benzene rings is 1. The summed E-state index contributed by atoms with van der Waals surface area (Å²) in [6, 6.07) is 5.64. The third-order valence-corrected chi connectivity index (χ3v) is 3.40. The van der Waals surface area contributed by atoms with Gasteiger partial charge in [-0.1, -0.05) is 49.0 Å². The lowest BCUT2D eigenvalue weighted by Gasteiger charge is -2.13. The zero-order valence-electron chi connectivity index (χ0n) is 8.72. The highest BCUT2D eigenvalue weighted by Crippen LogP contribution is 2.46. The first-order chi connectivity index (χ1) is 7.18. The Kier molecular flexibility index (Phi) is 3.24. The molecule has 1 aliphatic heterocycles. The predicted molar refractivity (Wildman–Crippen MR) is 63.6 cm³/mol. The highest BCUT2D eigenvalue weighted by Gasteiger charge is 2.46. The molecule has 0 N–H and O–H groups in total. The molecule has 0 spiro atoms. The van der Waals surface area contributed by atoms with Gasteiger partial charge in [0.2, 0.25) is 0 Å². The summed E-state index contributed by atoms with van der Waals surface area (Å²) >= 11 is 12.0. The van der Waals surface area contributed by atoms with Gasteiger partial charge in [-0.3, -0.25) is 0 Å². The van der Waals surface area contributed by atoms with Gasteiger partial charge in [0, 0.05) is 15.6 Å². The molecule has 1 nitrogen and oxygen atoms in total. The van der Waals surface area contributed by atoms with Crippen LogP contribution in [0.2, 0.25) is 10.0 Å². The van der Waals surface area contributed by atoms with Gasteiger partial charge in [-0.25, -0.2) is 0 Å². The minimum atomic E-state index is -0.113.